The van der Waals surface area contributed by atoms with Crippen LogP contribution in [0.25, 0.3) is 0 Å². The van der Waals surface area contributed by atoms with Gasteiger partial charge in [0.25, 0.3) is 5.91 Å². The van der Waals surface area contributed by atoms with Crippen LogP contribution in [0.1, 0.15) is 20.3 Å². The van der Waals surface area contributed by atoms with Gasteiger partial charge in [0, 0.05) is 12.6 Å². The molecule has 0 radical (unpaired) electrons. The van der Waals surface area contributed by atoms with Crippen LogP contribution in [0.15, 0.2) is 24.3 Å². The van der Waals surface area contributed by atoms with Gasteiger partial charge in [-0.05, 0) is 24.5 Å². The van der Waals surface area contributed by atoms with E-state index in [-0.39, 0.29) is 18.6 Å². The van der Waals surface area contributed by atoms with Gasteiger partial charge < -0.3 is 15.8 Å². The summed E-state index contributed by atoms with van der Waals surface area (Å²) < 4.78 is 5.36. The van der Waals surface area contributed by atoms with E-state index in [4.69, 9.17) is 22.1 Å². The molecule has 1 aromatic carbocycles. The van der Waals surface area contributed by atoms with Crippen LogP contribution in [-0.4, -0.2) is 25.1 Å². The van der Waals surface area contributed by atoms with Gasteiger partial charge in [0.15, 0.2) is 6.61 Å². The maximum atomic E-state index is 11.7. The van der Waals surface area contributed by atoms with Crippen LogP contribution in [0.3, 0.4) is 0 Å². The zero-order chi connectivity index (χ0) is 14.3. The fraction of sp³-hybridized carbons (Fsp3) is 0.500. The summed E-state index contributed by atoms with van der Waals surface area (Å²) in [6.07, 6.45) is 0.855. The molecule has 1 unspecified atom stereocenters. The molecule has 1 amide bonds. The number of amides is 1. The molecular formula is C14H21ClN2O2. The van der Waals surface area contributed by atoms with Crippen molar-refractivity contribution in [1.82, 2.24) is 5.32 Å². The SMILES string of the molecule is CC(C)CC(CN)NC(=O)COc1ccccc1Cl. The van der Waals surface area contributed by atoms with Crippen LogP contribution < -0.4 is 15.8 Å². The molecule has 0 bridgehead atoms. The minimum absolute atomic E-state index is 0.0117. The van der Waals surface area contributed by atoms with Gasteiger partial charge in [-0.2, -0.15) is 0 Å². The Balaban J connectivity index is 2.41. The molecule has 19 heavy (non-hydrogen) atoms. The van der Waals surface area contributed by atoms with E-state index in [1.807, 2.05) is 6.07 Å². The summed E-state index contributed by atoms with van der Waals surface area (Å²) in [5.41, 5.74) is 5.62. The lowest BCUT2D eigenvalue weighted by Gasteiger charge is -2.19. The second-order valence-electron chi connectivity index (χ2n) is 4.85. The van der Waals surface area contributed by atoms with Gasteiger partial charge in [0.1, 0.15) is 5.75 Å². The summed E-state index contributed by atoms with van der Waals surface area (Å²) in [5.74, 6) is 0.807. The Morgan fingerprint density at radius 3 is 2.68 bits per heavy atom. The zero-order valence-electron chi connectivity index (χ0n) is 11.4. The molecule has 0 spiro atoms. The number of hydrogen-bond acceptors (Lipinski definition) is 3. The normalized spacial score (nSPS) is 12.3. The summed E-state index contributed by atoms with van der Waals surface area (Å²) in [7, 11) is 0. The molecule has 0 saturated heterocycles. The standard InChI is InChI=1S/C14H21ClN2O2/c1-10(2)7-11(8-16)17-14(18)9-19-13-6-4-3-5-12(13)15/h3-6,10-11H,7-9,16H2,1-2H3,(H,17,18). The number of rotatable bonds is 7. The first-order chi connectivity index (χ1) is 9.02. The van der Waals surface area contributed by atoms with Crippen molar-refractivity contribution in [3.05, 3.63) is 29.3 Å². The van der Waals surface area contributed by atoms with E-state index >= 15 is 0 Å². The van der Waals surface area contributed by atoms with Crippen molar-refractivity contribution in [2.45, 2.75) is 26.3 Å². The van der Waals surface area contributed by atoms with E-state index in [0.717, 1.165) is 6.42 Å². The first-order valence-corrected chi connectivity index (χ1v) is 6.77. The van der Waals surface area contributed by atoms with Gasteiger partial charge in [-0.1, -0.05) is 37.6 Å². The number of para-hydroxylation sites is 1. The summed E-state index contributed by atoms with van der Waals surface area (Å²) in [4.78, 5) is 11.7. The van der Waals surface area contributed by atoms with Gasteiger partial charge >= 0.3 is 0 Å². The Kier molecular flexibility index (Phi) is 6.67. The highest BCUT2D eigenvalue weighted by atomic mass is 35.5. The van der Waals surface area contributed by atoms with Crippen LogP contribution in [0, 0.1) is 5.92 Å². The molecule has 1 rings (SSSR count). The Labute approximate surface area is 119 Å². The Morgan fingerprint density at radius 1 is 1.42 bits per heavy atom. The summed E-state index contributed by atoms with van der Waals surface area (Å²) in [6, 6.07) is 7.05. The molecule has 1 atom stereocenters. The largest absolute Gasteiger partial charge is 0.482 e. The highest BCUT2D eigenvalue weighted by Gasteiger charge is 2.13. The third-order valence-electron chi connectivity index (χ3n) is 2.60. The van der Waals surface area contributed by atoms with Gasteiger partial charge in [-0.3, -0.25) is 4.79 Å². The van der Waals surface area contributed by atoms with Crippen LogP contribution in [-0.2, 0) is 4.79 Å². The molecule has 1 aromatic rings. The predicted octanol–water partition coefficient (Wildman–Crippen LogP) is 2.21. The average Bonchev–Trinajstić information content (AvgIpc) is 2.36. The second kappa shape index (κ2) is 8.02. The van der Waals surface area contributed by atoms with Crippen molar-refractivity contribution in [3.8, 4) is 5.75 Å². The molecule has 4 nitrogen and oxygen atoms in total. The first kappa shape index (κ1) is 15.8. The molecule has 0 heterocycles. The van der Waals surface area contributed by atoms with E-state index < -0.39 is 0 Å². The number of hydrogen-bond donors (Lipinski definition) is 2. The van der Waals surface area contributed by atoms with Crippen molar-refractivity contribution < 1.29 is 9.53 Å². The molecule has 0 saturated carbocycles. The molecule has 3 N–H and O–H groups in total. The van der Waals surface area contributed by atoms with E-state index in [2.05, 4.69) is 19.2 Å². The third kappa shape index (κ3) is 5.94. The predicted molar refractivity (Wildman–Crippen MR) is 77.4 cm³/mol. The summed E-state index contributed by atoms with van der Waals surface area (Å²) in [6.45, 7) is 4.55. The zero-order valence-corrected chi connectivity index (χ0v) is 12.1. The lowest BCUT2D eigenvalue weighted by atomic mass is 10.0. The topological polar surface area (TPSA) is 64.3 Å². The number of nitrogens with two attached hydrogens (primary N) is 1. The highest BCUT2D eigenvalue weighted by molar-refractivity contribution is 6.32. The summed E-state index contributed by atoms with van der Waals surface area (Å²) >= 11 is 5.93. The lowest BCUT2D eigenvalue weighted by molar-refractivity contribution is -0.123. The molecule has 0 aliphatic heterocycles. The van der Waals surface area contributed by atoms with Gasteiger partial charge in [-0.15, -0.1) is 0 Å². The Morgan fingerprint density at radius 2 is 2.11 bits per heavy atom. The second-order valence-corrected chi connectivity index (χ2v) is 5.26. The lowest BCUT2D eigenvalue weighted by Crippen LogP contribution is -2.43. The highest BCUT2D eigenvalue weighted by Crippen LogP contribution is 2.22. The quantitative estimate of drug-likeness (QED) is 0.807. The van der Waals surface area contributed by atoms with Crippen LogP contribution in [0.5, 0.6) is 5.75 Å². The number of benzene rings is 1. The van der Waals surface area contributed by atoms with Gasteiger partial charge in [-0.25, -0.2) is 0 Å². The number of nitrogens with one attached hydrogen (secondary N) is 1. The number of carbonyl (C=O) groups is 1. The van der Waals surface area contributed by atoms with E-state index in [0.29, 0.717) is 23.2 Å². The monoisotopic (exact) mass is 284 g/mol. The minimum atomic E-state index is -0.184. The smallest absolute Gasteiger partial charge is 0.258 e. The molecule has 106 valence electrons. The molecule has 0 aliphatic carbocycles. The Bertz CT molecular complexity index is 410. The molecule has 0 aromatic heterocycles. The van der Waals surface area contributed by atoms with Crippen molar-refractivity contribution in [1.29, 1.82) is 0 Å². The van der Waals surface area contributed by atoms with Crippen molar-refractivity contribution in [3.63, 3.8) is 0 Å². The van der Waals surface area contributed by atoms with Crippen LogP contribution in [0.2, 0.25) is 5.02 Å². The molecule has 5 heteroatoms. The first-order valence-electron chi connectivity index (χ1n) is 6.39. The van der Waals surface area contributed by atoms with Gasteiger partial charge in [0.2, 0.25) is 0 Å². The third-order valence-corrected chi connectivity index (χ3v) is 2.91. The Hall–Kier alpha value is -1.26. The van der Waals surface area contributed by atoms with Crippen LogP contribution in [0.4, 0.5) is 0 Å². The summed E-state index contributed by atoms with van der Waals surface area (Å²) in [5, 5.41) is 3.35. The van der Waals surface area contributed by atoms with Crippen molar-refractivity contribution in [2.75, 3.05) is 13.2 Å². The van der Waals surface area contributed by atoms with E-state index in [1.165, 1.54) is 0 Å². The van der Waals surface area contributed by atoms with Crippen molar-refractivity contribution in [2.24, 2.45) is 11.7 Å². The van der Waals surface area contributed by atoms with Crippen molar-refractivity contribution >= 4 is 17.5 Å². The molecule has 0 aliphatic rings. The van der Waals surface area contributed by atoms with Gasteiger partial charge in [0.05, 0.1) is 5.02 Å². The minimum Gasteiger partial charge on any atom is -0.482 e. The molecule has 0 fully saturated rings. The fourth-order valence-electron chi connectivity index (χ4n) is 1.76. The number of carbonyl (C=O) groups excluding carboxylic acids is 1. The maximum Gasteiger partial charge on any atom is 0.258 e. The average molecular weight is 285 g/mol. The van der Waals surface area contributed by atoms with E-state index in [1.54, 1.807) is 18.2 Å². The molecular weight excluding hydrogens is 264 g/mol. The van der Waals surface area contributed by atoms with Crippen LogP contribution >= 0.6 is 11.6 Å². The van der Waals surface area contributed by atoms with E-state index in [9.17, 15) is 4.79 Å². The fourth-order valence-corrected chi connectivity index (χ4v) is 1.95. The number of halogens is 1. The maximum absolute atomic E-state index is 11.7. The number of ether oxygens (including phenoxy) is 1.